The first kappa shape index (κ1) is 47.5. The van der Waals surface area contributed by atoms with Crippen LogP contribution in [0.5, 0.6) is 0 Å². The number of nitrogens with one attached hydrogen (secondary N) is 2. The highest BCUT2D eigenvalue weighted by Gasteiger charge is 2.47. The number of rotatable bonds is 14. The predicted octanol–water partition coefficient (Wildman–Crippen LogP) is 3.32. The summed E-state index contributed by atoms with van der Waals surface area (Å²) in [5.41, 5.74) is 3.77. The van der Waals surface area contributed by atoms with E-state index in [1.54, 1.807) is 22.0 Å². The highest BCUT2D eigenvalue weighted by Crippen LogP contribution is 2.52. The zero-order valence-electron chi connectivity index (χ0n) is 38.5. The van der Waals surface area contributed by atoms with E-state index in [2.05, 4.69) is 41.5 Å². The van der Waals surface area contributed by atoms with Crippen LogP contribution < -0.4 is 30.0 Å². The fraction of sp³-hybridized carbons (Fsp3) is 0.423. The first-order chi connectivity index (χ1) is 29.5. The van der Waals surface area contributed by atoms with Gasteiger partial charge >= 0.3 is 0 Å². The van der Waals surface area contributed by atoms with Gasteiger partial charge in [-0.1, -0.05) is 86.3 Å². The Morgan fingerprint density at radius 3 is 1.66 bits per heavy atom. The number of aliphatic carboxylic acids is 2. The normalized spacial score (nSPS) is 17.4. The van der Waals surface area contributed by atoms with E-state index in [1.165, 1.54) is 39.3 Å². The number of carbonyl (C=O) groups is 3. The van der Waals surface area contributed by atoms with Gasteiger partial charge in [-0.25, -0.2) is 0 Å². The number of benzene rings is 4. The van der Waals surface area contributed by atoms with Gasteiger partial charge in [-0.2, -0.15) is 4.58 Å². The fourth-order valence-electron chi connectivity index (χ4n) is 9.15. The van der Waals surface area contributed by atoms with Crippen LogP contribution in [0.25, 0.3) is 21.5 Å². The minimum absolute atomic E-state index is 0.0283. The van der Waals surface area contributed by atoms with Crippen molar-refractivity contribution in [2.45, 2.75) is 92.9 Å². The number of fused-ring (bicyclic) bond motifs is 6. The molecule has 3 aliphatic rings. The van der Waals surface area contributed by atoms with E-state index in [9.17, 15) is 29.7 Å². The summed E-state index contributed by atoms with van der Waals surface area (Å²) in [6.07, 6.45) is 2.77. The maximum Gasteiger partial charge on any atom is 0.217 e. The number of hydrogen-bond acceptors (Lipinski definition) is 7. The van der Waals surface area contributed by atoms with Gasteiger partial charge in [-0.15, -0.1) is 0 Å². The van der Waals surface area contributed by atoms with E-state index in [1.807, 2.05) is 110 Å². The molecule has 10 heteroatoms. The number of anilines is 1. The second-order valence-corrected chi connectivity index (χ2v) is 17.3. The summed E-state index contributed by atoms with van der Waals surface area (Å²) in [6.45, 7) is 29.2. The lowest BCUT2D eigenvalue weighted by Crippen LogP contribution is -3.11. The Morgan fingerprint density at radius 1 is 0.661 bits per heavy atom. The number of ketones is 1. The van der Waals surface area contributed by atoms with E-state index in [4.69, 9.17) is 0 Å². The van der Waals surface area contributed by atoms with Gasteiger partial charge in [0.05, 0.1) is 55.8 Å². The average Bonchev–Trinajstić information content (AvgIpc) is 3.62. The van der Waals surface area contributed by atoms with Crippen molar-refractivity contribution >= 4 is 56.4 Å². The highest BCUT2D eigenvalue weighted by molar-refractivity contribution is 6.24. The molecular weight excluding hydrogens is 777 g/mol. The van der Waals surface area contributed by atoms with Gasteiger partial charge in [-0.3, -0.25) is 4.79 Å². The molecule has 0 unspecified atom stereocenters. The third kappa shape index (κ3) is 9.42. The Morgan fingerprint density at radius 2 is 1.16 bits per heavy atom. The van der Waals surface area contributed by atoms with Crippen LogP contribution in [-0.4, -0.2) is 80.4 Å². The van der Waals surface area contributed by atoms with Crippen LogP contribution in [0.2, 0.25) is 0 Å². The minimum Gasteiger partial charge on any atom is -0.871 e. The molecule has 0 bridgehead atoms. The molecule has 4 aromatic carbocycles. The second kappa shape index (κ2) is 20.1. The van der Waals surface area contributed by atoms with Crippen LogP contribution in [0.3, 0.4) is 0 Å². The number of allylic oxidation sites excluding steroid dienone is 5. The predicted molar refractivity (Wildman–Crippen MR) is 244 cm³/mol. The molecule has 4 aromatic rings. The largest absolute Gasteiger partial charge is 0.871 e. The third-order valence-electron chi connectivity index (χ3n) is 13.2. The van der Waals surface area contributed by atoms with Crippen molar-refractivity contribution in [3.05, 3.63) is 119 Å². The van der Waals surface area contributed by atoms with Crippen molar-refractivity contribution in [2.75, 3.05) is 57.3 Å². The molecule has 0 fully saturated rings. The monoisotopic (exact) mass is 842 g/mol. The van der Waals surface area contributed by atoms with Crippen molar-refractivity contribution in [3.8, 4) is 0 Å². The van der Waals surface area contributed by atoms with Crippen molar-refractivity contribution in [1.29, 1.82) is 0 Å². The van der Waals surface area contributed by atoms with Crippen LogP contribution in [0.1, 0.15) is 93.2 Å². The van der Waals surface area contributed by atoms with E-state index in [0.29, 0.717) is 11.4 Å². The van der Waals surface area contributed by atoms with E-state index in [-0.39, 0.29) is 37.1 Å². The standard InChI is InChI=1S/C40H36N2O6.2C6H15N/c1-39(2)29-15-13-23-9-5-7-11-25(23)35(29)41(19-17-33(43)44)31(39)21-27-37(47)28(38(27)48)22-32-40(3,4)30-16-14-24-10-6-8-12-26(24)36(30)42(32)20-18-34(45)46;2*1-4-7(5-2)6-3/h5-16,21-22H,17-20H2,1-4H3,(H2-,43,44,45,46,47,48);2*4-6H2,1-3H3. The van der Waals surface area contributed by atoms with Crippen molar-refractivity contribution in [1.82, 2.24) is 0 Å². The molecule has 0 atom stereocenters. The van der Waals surface area contributed by atoms with Crippen molar-refractivity contribution in [2.24, 2.45) is 0 Å². The van der Waals surface area contributed by atoms with Gasteiger partial charge in [0.1, 0.15) is 0 Å². The Labute approximate surface area is 368 Å². The minimum atomic E-state index is -1.19. The first-order valence-electron chi connectivity index (χ1n) is 22.5. The summed E-state index contributed by atoms with van der Waals surface area (Å²) in [5, 5.41) is 40.9. The van der Waals surface area contributed by atoms with Crippen LogP contribution in [0.15, 0.2) is 108 Å². The summed E-state index contributed by atoms with van der Waals surface area (Å²) < 4.78 is 1.90. The lowest BCUT2D eigenvalue weighted by molar-refractivity contribution is -0.894. The quantitative estimate of drug-likeness (QED) is 0.147. The summed E-state index contributed by atoms with van der Waals surface area (Å²) >= 11 is 0. The summed E-state index contributed by atoms with van der Waals surface area (Å²) in [7, 11) is 0. The molecule has 10 nitrogen and oxygen atoms in total. The van der Waals surface area contributed by atoms with Gasteiger partial charge in [-0.05, 0) is 83.9 Å². The average molecular weight is 843 g/mol. The topological polar surface area (TPSA) is 136 Å². The van der Waals surface area contributed by atoms with Gasteiger partial charge < -0.3 is 39.6 Å². The van der Waals surface area contributed by atoms with Crippen LogP contribution in [0.4, 0.5) is 11.4 Å². The van der Waals surface area contributed by atoms with E-state index >= 15 is 0 Å². The zero-order valence-corrected chi connectivity index (χ0v) is 38.5. The smallest absolute Gasteiger partial charge is 0.217 e. The molecule has 2 N–H and O–H groups in total. The Balaban J connectivity index is 0.000000448. The molecule has 0 amide bonds. The summed E-state index contributed by atoms with van der Waals surface area (Å²) in [6, 6.07) is 23.8. The van der Waals surface area contributed by atoms with Gasteiger partial charge in [0.2, 0.25) is 5.69 Å². The van der Waals surface area contributed by atoms with Gasteiger partial charge in [0.15, 0.2) is 18.0 Å². The molecular formula is C52H66N4O6. The van der Waals surface area contributed by atoms with Gasteiger partial charge in [0, 0.05) is 70.6 Å². The number of carboxylic acid groups (broad SMARTS) is 2. The molecule has 2 aliphatic heterocycles. The number of carbonyl (C=O) groups excluding carboxylic acids is 3. The Bertz CT molecular complexity index is 2420. The molecule has 7 rings (SSSR count). The van der Waals surface area contributed by atoms with Crippen LogP contribution in [-0.2, 0) is 25.2 Å². The van der Waals surface area contributed by atoms with Crippen LogP contribution in [0, 0.1) is 0 Å². The maximum absolute atomic E-state index is 13.9. The molecule has 0 radical (unpaired) electrons. The van der Waals surface area contributed by atoms with Gasteiger partial charge in [0.25, 0.3) is 0 Å². The summed E-state index contributed by atoms with van der Waals surface area (Å²) in [5.74, 6) is -3.20. The molecule has 330 valence electrons. The summed E-state index contributed by atoms with van der Waals surface area (Å²) in [4.78, 5) is 42.3. The van der Waals surface area contributed by atoms with E-state index in [0.717, 1.165) is 44.0 Å². The number of Topliss-reactive ketones (excluding diaryl/α,β-unsaturated/α-hetero) is 1. The molecule has 0 aromatic heterocycles. The van der Waals surface area contributed by atoms with Crippen molar-refractivity contribution in [3.63, 3.8) is 0 Å². The van der Waals surface area contributed by atoms with Crippen LogP contribution >= 0.6 is 0 Å². The van der Waals surface area contributed by atoms with Crippen molar-refractivity contribution < 1.29 is 44.1 Å². The molecule has 2 heterocycles. The maximum atomic E-state index is 13.9. The number of carboxylic acids is 2. The van der Waals surface area contributed by atoms with E-state index < -0.39 is 34.3 Å². The molecule has 0 saturated carbocycles. The third-order valence-corrected chi connectivity index (χ3v) is 13.2. The highest BCUT2D eigenvalue weighted by atomic mass is 16.4. The lowest BCUT2D eigenvalue weighted by Gasteiger charge is -2.33. The molecule has 62 heavy (non-hydrogen) atoms. The number of quaternary nitrogens is 2. The SMILES string of the molecule is CC1(C)C(/C=C2\C(=O)C(/C=C3/N(CCC(=O)[O-])c4c(ccc5ccccc45)C3(C)C)=C2[O-])=[N+](CCC(=O)[O-])c2c1ccc1ccccc21.CC[NH+](CC)CC.CC[NH+](CC)CC. The Hall–Kier alpha value is -5.58. The molecule has 0 spiro atoms. The second-order valence-electron chi connectivity index (χ2n) is 17.3. The fourth-order valence-corrected chi connectivity index (χ4v) is 9.15. The Kier molecular flexibility index (Phi) is 15.4. The number of nitrogens with zero attached hydrogens (tertiary/aromatic N) is 2. The number of hydrogen-bond donors (Lipinski definition) is 2. The zero-order chi connectivity index (χ0) is 45.5. The first-order valence-corrected chi connectivity index (χ1v) is 22.5. The molecule has 1 aliphatic carbocycles. The molecule has 0 saturated heterocycles. The lowest BCUT2D eigenvalue weighted by atomic mass is 9.77.